The van der Waals surface area contributed by atoms with Crippen molar-refractivity contribution >= 4 is 12.0 Å². The zero-order valence-corrected chi connectivity index (χ0v) is 32.4. The molecule has 1 aliphatic heterocycles. The average Bonchev–Trinajstić information content (AvgIpc) is 3.22. The molecule has 294 valence electrons. The number of piperidine rings is 1. The monoisotopic (exact) mass is 754 g/mol. The number of hydrogen-bond donors (Lipinski definition) is 0. The molecule has 2 amide bonds. The van der Waals surface area contributed by atoms with E-state index in [0.29, 0.717) is 70.3 Å². The number of amides is 2. The van der Waals surface area contributed by atoms with Crippen LogP contribution in [-0.4, -0.2) is 95.7 Å². The molecular formula is C44H54N2O9. The highest BCUT2D eigenvalue weighted by atomic mass is 16.6. The number of ether oxygens (including phenoxy) is 7. The van der Waals surface area contributed by atoms with E-state index in [1.54, 1.807) is 39.3 Å². The van der Waals surface area contributed by atoms with E-state index in [1.165, 1.54) is 4.90 Å². The number of benzene rings is 4. The minimum atomic E-state index is -0.371. The van der Waals surface area contributed by atoms with Gasteiger partial charge in [0.2, 0.25) is 0 Å². The molecule has 11 heteroatoms. The molecule has 1 heterocycles. The largest absolute Gasteiger partial charge is 0.496 e. The molecule has 0 spiro atoms. The number of rotatable bonds is 20. The molecular weight excluding hydrogens is 700 g/mol. The van der Waals surface area contributed by atoms with E-state index in [1.807, 2.05) is 78.9 Å². The molecule has 0 bridgehead atoms. The highest BCUT2D eigenvalue weighted by Crippen LogP contribution is 2.33. The van der Waals surface area contributed by atoms with Gasteiger partial charge in [0.05, 0.1) is 58.4 Å². The minimum Gasteiger partial charge on any atom is -0.496 e. The van der Waals surface area contributed by atoms with Gasteiger partial charge in [-0.2, -0.15) is 0 Å². The minimum absolute atomic E-state index is 0.0231. The van der Waals surface area contributed by atoms with Gasteiger partial charge in [-0.25, -0.2) is 4.79 Å². The number of methoxy groups -OCH3 is 2. The fourth-order valence-electron chi connectivity index (χ4n) is 6.39. The summed E-state index contributed by atoms with van der Waals surface area (Å²) in [6, 6.07) is 31.1. The molecule has 2 unspecified atom stereocenters. The Morgan fingerprint density at radius 3 is 2.25 bits per heavy atom. The first kappa shape index (κ1) is 41.1. The fraction of sp³-hybridized carbons (Fsp3) is 0.409. The maximum Gasteiger partial charge on any atom is 0.410 e. The molecule has 1 fully saturated rings. The first-order valence-corrected chi connectivity index (χ1v) is 18.8. The number of likely N-dealkylation sites (tertiary alicyclic amines) is 1. The third kappa shape index (κ3) is 12.5. The van der Waals surface area contributed by atoms with Crippen molar-refractivity contribution in [2.24, 2.45) is 0 Å². The number of carbonyl (C=O) groups is 2. The summed E-state index contributed by atoms with van der Waals surface area (Å²) in [5.74, 6) is 1.98. The average molecular weight is 755 g/mol. The van der Waals surface area contributed by atoms with Crippen LogP contribution in [0.1, 0.15) is 57.8 Å². The smallest absolute Gasteiger partial charge is 0.410 e. The van der Waals surface area contributed by atoms with Gasteiger partial charge in [0.25, 0.3) is 5.91 Å². The molecule has 0 aliphatic carbocycles. The Morgan fingerprint density at radius 1 is 0.745 bits per heavy atom. The van der Waals surface area contributed by atoms with Gasteiger partial charge in [0, 0.05) is 58.7 Å². The van der Waals surface area contributed by atoms with Crippen LogP contribution in [0.15, 0.2) is 97.1 Å². The van der Waals surface area contributed by atoms with Gasteiger partial charge in [0.15, 0.2) is 0 Å². The topological polar surface area (TPSA) is 105 Å². The summed E-state index contributed by atoms with van der Waals surface area (Å²) in [6.07, 6.45) is 1.44. The van der Waals surface area contributed by atoms with E-state index < -0.39 is 0 Å². The fourth-order valence-corrected chi connectivity index (χ4v) is 6.39. The van der Waals surface area contributed by atoms with Crippen molar-refractivity contribution in [3.63, 3.8) is 0 Å². The lowest BCUT2D eigenvalue weighted by molar-refractivity contribution is -0.0246. The van der Waals surface area contributed by atoms with Crippen molar-refractivity contribution in [3.05, 3.63) is 125 Å². The zero-order chi connectivity index (χ0) is 38.8. The van der Waals surface area contributed by atoms with Crippen molar-refractivity contribution in [1.29, 1.82) is 0 Å². The third-order valence-electron chi connectivity index (χ3n) is 9.38. The standard InChI is InChI=1S/C44H54N2O9/c1-45(2)43(47)39-21-16-34(28-41(39)53-27-10-24-49-3)31-54-42-29-46(44(48)55-30-33-12-6-5-7-13-33)23-22-38(42)35-17-19-37(20-18-35)52-26-11-25-51-32-36-14-8-9-15-40(36)50-4/h5-9,12-21,28,38,42H,10-11,22-27,29-32H2,1-4H3. The van der Waals surface area contributed by atoms with E-state index in [0.717, 1.165) is 40.2 Å². The highest BCUT2D eigenvalue weighted by Gasteiger charge is 2.34. The van der Waals surface area contributed by atoms with Crippen LogP contribution in [0.5, 0.6) is 17.2 Å². The van der Waals surface area contributed by atoms with Gasteiger partial charge in [-0.3, -0.25) is 4.79 Å². The van der Waals surface area contributed by atoms with Gasteiger partial charge >= 0.3 is 6.09 Å². The predicted molar refractivity (Wildman–Crippen MR) is 210 cm³/mol. The lowest BCUT2D eigenvalue weighted by Gasteiger charge is -2.38. The molecule has 0 saturated carbocycles. The first-order valence-electron chi connectivity index (χ1n) is 18.8. The van der Waals surface area contributed by atoms with Crippen LogP contribution in [0.4, 0.5) is 4.79 Å². The van der Waals surface area contributed by atoms with Crippen molar-refractivity contribution in [1.82, 2.24) is 9.80 Å². The number of carbonyl (C=O) groups excluding carboxylic acids is 2. The second-order valence-electron chi connectivity index (χ2n) is 13.6. The van der Waals surface area contributed by atoms with E-state index in [9.17, 15) is 9.59 Å². The molecule has 4 aromatic rings. The number of hydrogen-bond acceptors (Lipinski definition) is 9. The van der Waals surface area contributed by atoms with E-state index in [4.69, 9.17) is 33.2 Å². The van der Waals surface area contributed by atoms with Crippen LogP contribution < -0.4 is 14.2 Å². The zero-order valence-electron chi connectivity index (χ0n) is 32.4. The van der Waals surface area contributed by atoms with Crippen LogP contribution in [0, 0.1) is 0 Å². The van der Waals surface area contributed by atoms with E-state index >= 15 is 0 Å². The summed E-state index contributed by atoms with van der Waals surface area (Å²) in [5, 5.41) is 0. The van der Waals surface area contributed by atoms with Crippen molar-refractivity contribution in [2.75, 3.05) is 67.8 Å². The highest BCUT2D eigenvalue weighted by molar-refractivity contribution is 5.96. The summed E-state index contributed by atoms with van der Waals surface area (Å²) in [7, 11) is 6.74. The molecule has 0 radical (unpaired) electrons. The SMILES string of the molecule is COCCCOc1cc(COC2CN(C(=O)OCc3ccccc3)CCC2c2ccc(OCCCOCc3ccccc3OC)cc2)ccc1C(=O)N(C)C. The molecule has 4 aromatic carbocycles. The summed E-state index contributed by atoms with van der Waals surface area (Å²) in [5.41, 5.74) is 4.38. The maximum absolute atomic E-state index is 13.2. The molecule has 0 aromatic heterocycles. The summed E-state index contributed by atoms with van der Waals surface area (Å²) in [6.45, 7) is 3.90. The molecule has 0 N–H and O–H groups in total. The summed E-state index contributed by atoms with van der Waals surface area (Å²) < 4.78 is 40.8. The van der Waals surface area contributed by atoms with Gasteiger partial charge in [-0.15, -0.1) is 0 Å². The number of para-hydroxylation sites is 1. The maximum atomic E-state index is 13.2. The molecule has 11 nitrogen and oxygen atoms in total. The summed E-state index contributed by atoms with van der Waals surface area (Å²) in [4.78, 5) is 29.4. The van der Waals surface area contributed by atoms with Crippen LogP contribution >= 0.6 is 0 Å². The van der Waals surface area contributed by atoms with Crippen molar-refractivity contribution in [2.45, 2.75) is 51.1 Å². The van der Waals surface area contributed by atoms with E-state index in [-0.39, 0.29) is 37.2 Å². The Morgan fingerprint density at radius 2 is 1.49 bits per heavy atom. The van der Waals surface area contributed by atoms with E-state index in [2.05, 4.69) is 12.1 Å². The van der Waals surface area contributed by atoms with Crippen LogP contribution in [0.25, 0.3) is 0 Å². The van der Waals surface area contributed by atoms with Gasteiger partial charge in [-0.05, 0) is 53.4 Å². The first-order chi connectivity index (χ1) is 26.9. The van der Waals surface area contributed by atoms with Crippen molar-refractivity contribution < 1.29 is 42.7 Å². The Labute approximate surface area is 325 Å². The molecule has 55 heavy (non-hydrogen) atoms. The Hall–Kier alpha value is -5.10. The van der Waals surface area contributed by atoms with Crippen LogP contribution in [-0.2, 0) is 38.8 Å². The van der Waals surface area contributed by atoms with Crippen LogP contribution in [0.2, 0.25) is 0 Å². The Balaban J connectivity index is 1.22. The third-order valence-corrected chi connectivity index (χ3v) is 9.38. The van der Waals surface area contributed by atoms with Gasteiger partial charge in [0.1, 0.15) is 23.9 Å². The molecule has 1 saturated heterocycles. The second kappa shape index (κ2) is 21.7. The normalized spacial score (nSPS) is 15.3. The summed E-state index contributed by atoms with van der Waals surface area (Å²) >= 11 is 0. The Kier molecular flexibility index (Phi) is 16.2. The van der Waals surface area contributed by atoms with Crippen molar-refractivity contribution in [3.8, 4) is 17.2 Å². The lowest BCUT2D eigenvalue weighted by atomic mass is 9.87. The lowest BCUT2D eigenvalue weighted by Crippen LogP contribution is -2.47. The second-order valence-corrected chi connectivity index (χ2v) is 13.6. The number of nitrogens with zero attached hydrogens (tertiary/aromatic N) is 2. The van der Waals surface area contributed by atoms with Gasteiger partial charge < -0.3 is 43.0 Å². The van der Waals surface area contributed by atoms with Crippen LogP contribution in [0.3, 0.4) is 0 Å². The molecule has 1 aliphatic rings. The molecule has 5 rings (SSSR count). The van der Waals surface area contributed by atoms with Gasteiger partial charge in [-0.1, -0.05) is 66.7 Å². The Bertz CT molecular complexity index is 1770. The molecule has 2 atom stereocenters. The predicted octanol–water partition coefficient (Wildman–Crippen LogP) is 7.51. The quantitative estimate of drug-likeness (QED) is 0.0849.